The molecule has 0 spiro atoms. The first kappa shape index (κ1) is 16.6. The monoisotopic (exact) mass is 338 g/mol. The third-order valence-electron chi connectivity index (χ3n) is 3.05. The number of thioether (sulfide) groups is 1. The van der Waals surface area contributed by atoms with Crippen molar-refractivity contribution in [2.75, 3.05) is 5.75 Å². The fourth-order valence-corrected chi connectivity index (χ4v) is 2.86. The molecule has 1 heterocycles. The highest BCUT2D eigenvalue weighted by Crippen LogP contribution is 2.16. The van der Waals surface area contributed by atoms with Crippen LogP contribution in [0.5, 0.6) is 0 Å². The lowest BCUT2D eigenvalue weighted by atomic mass is 10.1. The Labute approximate surface area is 136 Å². The number of benzene rings is 1. The van der Waals surface area contributed by atoms with Crippen LogP contribution in [0, 0.1) is 6.92 Å². The van der Waals surface area contributed by atoms with E-state index in [1.54, 1.807) is 19.1 Å². The standard InChI is InChI=1S/C15H15ClN2O3S/c1-9-12(8-10-2-4-11(16)5-3-10)14(21)18-15(17-9)22-7-6-13(19)20/h2-5H,6-8H2,1H3,(H,19,20)(H,17,18,21). The predicted molar refractivity (Wildman–Crippen MR) is 86.8 cm³/mol. The molecule has 0 fully saturated rings. The zero-order valence-electron chi connectivity index (χ0n) is 11.9. The van der Waals surface area contributed by atoms with E-state index in [9.17, 15) is 9.59 Å². The van der Waals surface area contributed by atoms with Crippen LogP contribution in [0.25, 0.3) is 0 Å². The predicted octanol–water partition coefficient (Wildman–Crippen LogP) is 2.89. The number of carbonyl (C=O) groups is 1. The normalized spacial score (nSPS) is 10.6. The molecule has 22 heavy (non-hydrogen) atoms. The highest BCUT2D eigenvalue weighted by Gasteiger charge is 2.10. The number of carboxylic acids is 1. The van der Waals surface area contributed by atoms with Gasteiger partial charge in [-0.05, 0) is 24.6 Å². The molecule has 116 valence electrons. The molecule has 0 saturated carbocycles. The summed E-state index contributed by atoms with van der Waals surface area (Å²) in [5, 5.41) is 9.71. The van der Waals surface area contributed by atoms with Crippen LogP contribution in [0.3, 0.4) is 0 Å². The van der Waals surface area contributed by atoms with Gasteiger partial charge in [-0.1, -0.05) is 35.5 Å². The van der Waals surface area contributed by atoms with Gasteiger partial charge in [-0.25, -0.2) is 4.98 Å². The SMILES string of the molecule is Cc1nc(SCCC(=O)O)[nH]c(=O)c1Cc1ccc(Cl)cc1. The Morgan fingerprint density at radius 2 is 2.05 bits per heavy atom. The van der Waals surface area contributed by atoms with Crippen LogP contribution in [-0.2, 0) is 11.2 Å². The van der Waals surface area contributed by atoms with Crippen LogP contribution in [0.15, 0.2) is 34.2 Å². The molecule has 0 aliphatic carbocycles. The maximum atomic E-state index is 12.2. The van der Waals surface area contributed by atoms with Crippen molar-refractivity contribution in [3.8, 4) is 0 Å². The molecular formula is C15H15ClN2O3S. The molecule has 0 unspecified atom stereocenters. The molecule has 0 bridgehead atoms. The summed E-state index contributed by atoms with van der Waals surface area (Å²) in [7, 11) is 0. The van der Waals surface area contributed by atoms with Gasteiger partial charge in [0.1, 0.15) is 0 Å². The molecule has 2 N–H and O–H groups in total. The van der Waals surface area contributed by atoms with E-state index in [4.69, 9.17) is 16.7 Å². The van der Waals surface area contributed by atoms with Gasteiger partial charge >= 0.3 is 5.97 Å². The van der Waals surface area contributed by atoms with Crippen molar-refractivity contribution >= 4 is 29.3 Å². The number of aryl methyl sites for hydroxylation is 1. The molecule has 0 atom stereocenters. The molecule has 0 radical (unpaired) electrons. The van der Waals surface area contributed by atoms with E-state index in [-0.39, 0.29) is 12.0 Å². The maximum absolute atomic E-state index is 12.2. The van der Waals surface area contributed by atoms with Gasteiger partial charge in [0.25, 0.3) is 5.56 Å². The van der Waals surface area contributed by atoms with E-state index in [0.717, 1.165) is 5.56 Å². The molecule has 0 aliphatic heterocycles. The van der Waals surface area contributed by atoms with Crippen LogP contribution in [0.2, 0.25) is 5.02 Å². The van der Waals surface area contributed by atoms with Crippen molar-refractivity contribution in [1.29, 1.82) is 0 Å². The fourth-order valence-electron chi connectivity index (χ4n) is 1.90. The third-order valence-corrected chi connectivity index (χ3v) is 4.18. The summed E-state index contributed by atoms with van der Waals surface area (Å²) in [6.07, 6.45) is 0.505. The smallest absolute Gasteiger partial charge is 0.304 e. The lowest BCUT2D eigenvalue weighted by Crippen LogP contribution is -2.17. The van der Waals surface area contributed by atoms with Gasteiger partial charge in [-0.2, -0.15) is 0 Å². The van der Waals surface area contributed by atoms with Gasteiger partial charge in [-0.15, -0.1) is 0 Å². The molecule has 5 nitrogen and oxygen atoms in total. The third kappa shape index (κ3) is 4.61. The number of nitrogens with zero attached hydrogens (tertiary/aromatic N) is 1. The average Bonchev–Trinajstić information content (AvgIpc) is 2.44. The number of aliphatic carboxylic acids is 1. The van der Waals surface area contributed by atoms with E-state index in [1.807, 2.05) is 12.1 Å². The van der Waals surface area contributed by atoms with Crippen molar-refractivity contribution in [2.24, 2.45) is 0 Å². The Bertz CT molecular complexity index is 729. The number of aromatic amines is 1. The number of halogens is 1. The largest absolute Gasteiger partial charge is 0.481 e. The van der Waals surface area contributed by atoms with Crippen molar-refractivity contribution < 1.29 is 9.90 Å². The van der Waals surface area contributed by atoms with Gasteiger partial charge < -0.3 is 10.1 Å². The second kappa shape index (κ2) is 7.47. The Balaban J connectivity index is 2.14. The minimum Gasteiger partial charge on any atom is -0.481 e. The Hall–Kier alpha value is -1.79. The number of aromatic nitrogens is 2. The highest BCUT2D eigenvalue weighted by molar-refractivity contribution is 7.99. The van der Waals surface area contributed by atoms with Crippen molar-refractivity contribution in [2.45, 2.75) is 24.9 Å². The Morgan fingerprint density at radius 1 is 1.36 bits per heavy atom. The first-order valence-corrected chi connectivity index (χ1v) is 8.01. The van der Waals surface area contributed by atoms with E-state index in [2.05, 4.69) is 9.97 Å². The minimum absolute atomic E-state index is 0.0277. The zero-order chi connectivity index (χ0) is 16.1. The van der Waals surface area contributed by atoms with E-state index in [0.29, 0.717) is 33.6 Å². The topological polar surface area (TPSA) is 83.0 Å². The molecule has 1 aromatic carbocycles. The quantitative estimate of drug-likeness (QED) is 0.625. The van der Waals surface area contributed by atoms with Crippen LogP contribution in [-0.4, -0.2) is 26.8 Å². The van der Waals surface area contributed by atoms with Crippen molar-refractivity contribution in [1.82, 2.24) is 9.97 Å². The summed E-state index contributed by atoms with van der Waals surface area (Å²) in [5.41, 5.74) is 2.03. The summed E-state index contributed by atoms with van der Waals surface area (Å²) < 4.78 is 0. The summed E-state index contributed by atoms with van der Waals surface area (Å²) in [6.45, 7) is 1.78. The number of nitrogens with one attached hydrogen (secondary N) is 1. The van der Waals surface area contributed by atoms with Crippen molar-refractivity contribution in [3.63, 3.8) is 0 Å². The van der Waals surface area contributed by atoms with Gasteiger partial charge in [0.05, 0.1) is 6.42 Å². The molecule has 7 heteroatoms. The van der Waals surface area contributed by atoms with Gasteiger partial charge in [0.15, 0.2) is 5.16 Å². The maximum Gasteiger partial charge on any atom is 0.304 e. The Kier molecular flexibility index (Phi) is 5.63. The van der Waals surface area contributed by atoms with E-state index >= 15 is 0 Å². The van der Waals surface area contributed by atoms with Gasteiger partial charge in [0.2, 0.25) is 0 Å². The molecule has 1 aromatic heterocycles. The summed E-state index contributed by atoms with van der Waals surface area (Å²) in [6, 6.07) is 7.31. The lowest BCUT2D eigenvalue weighted by Gasteiger charge is -2.07. The fraction of sp³-hybridized carbons (Fsp3) is 0.267. The average molecular weight is 339 g/mol. The van der Waals surface area contributed by atoms with Gasteiger partial charge in [0, 0.05) is 28.5 Å². The second-order valence-electron chi connectivity index (χ2n) is 4.73. The van der Waals surface area contributed by atoms with Crippen LogP contribution >= 0.6 is 23.4 Å². The number of H-pyrrole nitrogens is 1. The molecule has 0 amide bonds. The molecule has 0 aliphatic rings. The molecular weight excluding hydrogens is 324 g/mol. The zero-order valence-corrected chi connectivity index (χ0v) is 13.5. The molecule has 2 rings (SSSR count). The van der Waals surface area contributed by atoms with Crippen LogP contribution in [0.1, 0.15) is 23.2 Å². The summed E-state index contributed by atoms with van der Waals surface area (Å²) in [5.74, 6) is -0.500. The lowest BCUT2D eigenvalue weighted by molar-refractivity contribution is -0.136. The van der Waals surface area contributed by atoms with Gasteiger partial charge in [-0.3, -0.25) is 9.59 Å². The number of carboxylic acid groups (broad SMARTS) is 1. The first-order valence-electron chi connectivity index (χ1n) is 6.64. The second-order valence-corrected chi connectivity index (χ2v) is 6.25. The van der Waals surface area contributed by atoms with E-state index < -0.39 is 5.97 Å². The van der Waals surface area contributed by atoms with Crippen LogP contribution < -0.4 is 5.56 Å². The first-order chi connectivity index (χ1) is 10.5. The molecule has 2 aromatic rings. The summed E-state index contributed by atoms with van der Waals surface area (Å²) >= 11 is 7.07. The number of rotatable bonds is 6. The summed E-state index contributed by atoms with van der Waals surface area (Å²) in [4.78, 5) is 29.7. The van der Waals surface area contributed by atoms with Crippen LogP contribution in [0.4, 0.5) is 0 Å². The number of hydrogen-bond donors (Lipinski definition) is 2. The minimum atomic E-state index is -0.870. The van der Waals surface area contributed by atoms with E-state index in [1.165, 1.54) is 11.8 Å². The highest BCUT2D eigenvalue weighted by atomic mass is 35.5. The Morgan fingerprint density at radius 3 is 2.64 bits per heavy atom. The molecule has 0 saturated heterocycles. The van der Waals surface area contributed by atoms with Crippen molar-refractivity contribution in [3.05, 3.63) is 56.5 Å². The number of hydrogen-bond acceptors (Lipinski definition) is 4.